The maximum atomic E-state index is 13.8. The Hall–Kier alpha value is -2.77. The molecule has 0 bridgehead atoms. The van der Waals surface area contributed by atoms with Crippen LogP contribution in [0.25, 0.3) is 23.5 Å². The van der Waals surface area contributed by atoms with Gasteiger partial charge in [0, 0.05) is 25.7 Å². The van der Waals surface area contributed by atoms with Crippen LogP contribution in [0.4, 0.5) is 4.39 Å². The van der Waals surface area contributed by atoms with Gasteiger partial charge >= 0.3 is 0 Å². The molecular weight excluding hydrogens is 335 g/mol. The molecular formula is C19H19FN4O2. The van der Waals surface area contributed by atoms with Crippen molar-refractivity contribution in [3.63, 3.8) is 0 Å². The molecule has 1 aliphatic heterocycles. The lowest BCUT2D eigenvalue weighted by Crippen LogP contribution is -2.44. The third-order valence-corrected chi connectivity index (χ3v) is 4.42. The number of nitrogens with zero attached hydrogens (tertiary/aromatic N) is 3. The highest BCUT2D eigenvalue weighted by Gasteiger charge is 2.24. The van der Waals surface area contributed by atoms with Crippen LogP contribution in [-0.4, -0.2) is 41.7 Å². The van der Waals surface area contributed by atoms with Gasteiger partial charge in [0.25, 0.3) is 5.89 Å². The van der Waals surface area contributed by atoms with Gasteiger partial charge in [0.1, 0.15) is 17.3 Å². The molecule has 1 atom stereocenters. The summed E-state index contributed by atoms with van der Waals surface area (Å²) in [6.07, 6.45) is 3.42. The van der Waals surface area contributed by atoms with Gasteiger partial charge < -0.3 is 14.3 Å². The van der Waals surface area contributed by atoms with Crippen molar-refractivity contribution >= 4 is 12.2 Å². The van der Waals surface area contributed by atoms with E-state index in [1.807, 2.05) is 7.05 Å². The molecule has 3 aromatic rings. The predicted molar refractivity (Wildman–Crippen MR) is 95.6 cm³/mol. The minimum atomic E-state index is -0.316. The quantitative estimate of drug-likeness (QED) is 0.776. The van der Waals surface area contributed by atoms with Crippen LogP contribution in [0.2, 0.25) is 0 Å². The molecule has 1 unspecified atom stereocenters. The van der Waals surface area contributed by atoms with Gasteiger partial charge in [-0.1, -0.05) is 17.3 Å². The smallest absolute Gasteiger partial charge is 0.250 e. The van der Waals surface area contributed by atoms with E-state index in [1.54, 1.807) is 42.5 Å². The van der Waals surface area contributed by atoms with Crippen LogP contribution in [-0.2, 0) is 0 Å². The largest absolute Gasteiger partial charge is 0.457 e. The zero-order valence-electron chi connectivity index (χ0n) is 14.4. The molecule has 26 heavy (non-hydrogen) atoms. The molecule has 1 aliphatic rings. The number of furan rings is 1. The van der Waals surface area contributed by atoms with Crippen molar-refractivity contribution in [1.29, 1.82) is 0 Å². The first-order valence-electron chi connectivity index (χ1n) is 8.48. The third kappa shape index (κ3) is 3.44. The Bertz CT molecular complexity index is 918. The lowest BCUT2D eigenvalue weighted by atomic mass is 10.1. The number of piperazine rings is 1. The fraction of sp³-hybridized carbons (Fsp3) is 0.263. The van der Waals surface area contributed by atoms with Gasteiger partial charge in [-0.2, -0.15) is 4.98 Å². The van der Waals surface area contributed by atoms with Gasteiger partial charge in [0.2, 0.25) is 0 Å². The zero-order chi connectivity index (χ0) is 17.9. The van der Waals surface area contributed by atoms with Crippen molar-refractivity contribution < 1.29 is 13.3 Å². The number of likely N-dealkylation sites (N-methyl/N-ethyl adjacent to an activating group) is 1. The third-order valence-electron chi connectivity index (χ3n) is 4.42. The van der Waals surface area contributed by atoms with Crippen molar-refractivity contribution in [2.45, 2.75) is 6.04 Å². The maximum absolute atomic E-state index is 13.8. The molecule has 1 aromatic carbocycles. The summed E-state index contributed by atoms with van der Waals surface area (Å²) < 4.78 is 24.8. The van der Waals surface area contributed by atoms with E-state index in [1.165, 1.54) is 6.07 Å². The number of aromatic nitrogens is 2. The summed E-state index contributed by atoms with van der Waals surface area (Å²) in [7, 11) is 2.05. The lowest BCUT2D eigenvalue weighted by molar-refractivity contribution is 0.190. The summed E-state index contributed by atoms with van der Waals surface area (Å²) >= 11 is 0. The molecule has 3 heterocycles. The SMILES string of the molecule is CN1CCNCC1c1noc(/C=C/c2ccc(-c3ccccc3F)o2)n1. The molecule has 0 amide bonds. The van der Waals surface area contributed by atoms with Crippen LogP contribution in [0.3, 0.4) is 0 Å². The Labute approximate surface area is 150 Å². The highest BCUT2D eigenvalue weighted by atomic mass is 19.1. The van der Waals surface area contributed by atoms with E-state index in [4.69, 9.17) is 8.94 Å². The molecule has 6 nitrogen and oxygen atoms in total. The van der Waals surface area contributed by atoms with Gasteiger partial charge in [-0.05, 0) is 37.4 Å². The van der Waals surface area contributed by atoms with Crippen molar-refractivity contribution in [3.05, 3.63) is 59.7 Å². The van der Waals surface area contributed by atoms with E-state index < -0.39 is 0 Å². The van der Waals surface area contributed by atoms with Crippen LogP contribution in [0.1, 0.15) is 23.5 Å². The van der Waals surface area contributed by atoms with Gasteiger partial charge in [-0.15, -0.1) is 0 Å². The summed E-state index contributed by atoms with van der Waals surface area (Å²) in [4.78, 5) is 6.63. The first kappa shape index (κ1) is 16.7. The zero-order valence-corrected chi connectivity index (χ0v) is 14.4. The molecule has 1 N–H and O–H groups in total. The Morgan fingerprint density at radius 1 is 1.23 bits per heavy atom. The fourth-order valence-corrected chi connectivity index (χ4v) is 2.95. The van der Waals surface area contributed by atoms with E-state index in [0.29, 0.717) is 28.8 Å². The molecule has 4 rings (SSSR count). The van der Waals surface area contributed by atoms with Crippen molar-refractivity contribution in [1.82, 2.24) is 20.4 Å². The van der Waals surface area contributed by atoms with Crippen LogP contribution in [0.5, 0.6) is 0 Å². The number of nitrogens with one attached hydrogen (secondary N) is 1. The van der Waals surface area contributed by atoms with Gasteiger partial charge in [-0.25, -0.2) is 4.39 Å². The van der Waals surface area contributed by atoms with E-state index >= 15 is 0 Å². The average Bonchev–Trinajstić information content (AvgIpc) is 3.30. The fourth-order valence-electron chi connectivity index (χ4n) is 2.95. The summed E-state index contributed by atoms with van der Waals surface area (Å²) in [6.45, 7) is 2.69. The van der Waals surface area contributed by atoms with Crippen LogP contribution in [0, 0.1) is 5.82 Å². The van der Waals surface area contributed by atoms with E-state index in [2.05, 4.69) is 20.4 Å². The number of halogens is 1. The molecule has 0 aliphatic carbocycles. The van der Waals surface area contributed by atoms with E-state index in [-0.39, 0.29) is 11.9 Å². The average molecular weight is 354 g/mol. The molecule has 1 fully saturated rings. The molecule has 2 aromatic heterocycles. The van der Waals surface area contributed by atoms with Crippen LogP contribution >= 0.6 is 0 Å². The molecule has 134 valence electrons. The molecule has 7 heteroatoms. The van der Waals surface area contributed by atoms with Crippen LogP contribution in [0.15, 0.2) is 45.3 Å². The number of hydrogen-bond acceptors (Lipinski definition) is 6. The molecule has 0 saturated carbocycles. The standard InChI is InChI=1S/C19H19FN4O2/c1-24-11-10-21-12-16(24)19-22-18(26-23-19)9-7-13-6-8-17(25-13)14-4-2-3-5-15(14)20/h2-9,16,21H,10-12H2,1H3/b9-7+. The van der Waals surface area contributed by atoms with Crippen molar-refractivity contribution in [3.8, 4) is 11.3 Å². The van der Waals surface area contributed by atoms with E-state index in [0.717, 1.165) is 19.6 Å². The maximum Gasteiger partial charge on any atom is 0.250 e. The second-order valence-electron chi connectivity index (χ2n) is 6.21. The summed E-state index contributed by atoms with van der Waals surface area (Å²) in [6, 6.07) is 10.1. The van der Waals surface area contributed by atoms with Gasteiger partial charge in [-0.3, -0.25) is 4.90 Å². The van der Waals surface area contributed by atoms with E-state index in [9.17, 15) is 4.39 Å². The van der Waals surface area contributed by atoms with Gasteiger partial charge in [0.15, 0.2) is 5.82 Å². The predicted octanol–water partition coefficient (Wildman–Crippen LogP) is 3.22. The Kier molecular flexibility index (Phi) is 4.64. The molecule has 0 spiro atoms. The first-order valence-corrected chi connectivity index (χ1v) is 8.48. The Balaban J connectivity index is 1.48. The summed E-state index contributed by atoms with van der Waals surface area (Å²) in [5.41, 5.74) is 0.431. The second-order valence-corrected chi connectivity index (χ2v) is 6.21. The van der Waals surface area contributed by atoms with Gasteiger partial charge in [0.05, 0.1) is 11.6 Å². The minimum Gasteiger partial charge on any atom is -0.457 e. The summed E-state index contributed by atoms with van der Waals surface area (Å²) in [5, 5.41) is 7.39. The highest BCUT2D eigenvalue weighted by Crippen LogP contribution is 2.25. The molecule has 1 saturated heterocycles. The second kappa shape index (κ2) is 7.23. The minimum absolute atomic E-state index is 0.103. The number of hydrogen-bond donors (Lipinski definition) is 1. The normalized spacial score (nSPS) is 18.6. The van der Waals surface area contributed by atoms with Crippen molar-refractivity contribution in [2.24, 2.45) is 0 Å². The lowest BCUT2D eigenvalue weighted by Gasteiger charge is -2.30. The molecule has 0 radical (unpaired) electrons. The first-order chi connectivity index (χ1) is 12.7. The number of benzene rings is 1. The highest BCUT2D eigenvalue weighted by molar-refractivity contribution is 5.66. The van der Waals surface area contributed by atoms with Crippen molar-refractivity contribution in [2.75, 3.05) is 26.7 Å². The monoisotopic (exact) mass is 354 g/mol. The topological polar surface area (TPSA) is 67.3 Å². The Morgan fingerprint density at radius 2 is 2.12 bits per heavy atom. The van der Waals surface area contributed by atoms with Crippen LogP contribution < -0.4 is 5.32 Å². The number of rotatable bonds is 4. The summed E-state index contributed by atoms with van der Waals surface area (Å²) in [5.74, 6) is 1.81. The Morgan fingerprint density at radius 3 is 2.96 bits per heavy atom.